The van der Waals surface area contributed by atoms with E-state index in [0.29, 0.717) is 18.8 Å². The lowest BCUT2D eigenvalue weighted by Crippen LogP contribution is -2.54. The SMILES string of the molecule is CN=C(NCC1(c2ccc(F)cc2)CC1)N1CCN(C(=O)c2ccco2)CC1. The Kier molecular flexibility index (Phi) is 5.07. The van der Waals surface area contributed by atoms with Crippen molar-refractivity contribution in [1.82, 2.24) is 15.1 Å². The maximum Gasteiger partial charge on any atom is 0.289 e. The molecular weight excluding hydrogens is 359 g/mol. The number of piperazine rings is 1. The van der Waals surface area contributed by atoms with E-state index in [-0.39, 0.29) is 17.1 Å². The lowest BCUT2D eigenvalue weighted by atomic mass is 9.96. The Balaban J connectivity index is 1.32. The van der Waals surface area contributed by atoms with Crippen molar-refractivity contribution in [2.45, 2.75) is 18.3 Å². The highest BCUT2D eigenvalue weighted by Crippen LogP contribution is 2.47. The van der Waals surface area contributed by atoms with Crippen molar-refractivity contribution < 1.29 is 13.6 Å². The van der Waals surface area contributed by atoms with Crippen LogP contribution in [0.4, 0.5) is 4.39 Å². The number of carbonyl (C=O) groups excluding carboxylic acids is 1. The van der Waals surface area contributed by atoms with E-state index >= 15 is 0 Å². The molecule has 0 unspecified atom stereocenters. The fraction of sp³-hybridized carbons (Fsp3) is 0.429. The summed E-state index contributed by atoms with van der Waals surface area (Å²) in [6.07, 6.45) is 3.70. The molecule has 7 heteroatoms. The molecule has 0 atom stereocenters. The molecule has 2 aliphatic rings. The molecule has 0 spiro atoms. The molecule has 1 N–H and O–H groups in total. The van der Waals surface area contributed by atoms with Crippen LogP contribution < -0.4 is 5.32 Å². The first-order chi connectivity index (χ1) is 13.6. The van der Waals surface area contributed by atoms with E-state index < -0.39 is 0 Å². The quantitative estimate of drug-likeness (QED) is 0.650. The van der Waals surface area contributed by atoms with Gasteiger partial charge in [0.05, 0.1) is 6.26 Å². The van der Waals surface area contributed by atoms with Gasteiger partial charge in [-0.25, -0.2) is 4.39 Å². The largest absolute Gasteiger partial charge is 0.459 e. The Labute approximate surface area is 164 Å². The predicted molar refractivity (Wildman–Crippen MR) is 105 cm³/mol. The van der Waals surface area contributed by atoms with Gasteiger partial charge in [-0.3, -0.25) is 9.79 Å². The number of halogens is 1. The summed E-state index contributed by atoms with van der Waals surface area (Å²) in [6, 6.07) is 10.2. The highest BCUT2D eigenvalue weighted by atomic mass is 19.1. The predicted octanol–water partition coefficient (Wildman–Crippen LogP) is 2.48. The Morgan fingerprint density at radius 2 is 1.82 bits per heavy atom. The zero-order chi connectivity index (χ0) is 19.6. The van der Waals surface area contributed by atoms with Crippen LogP contribution in [0.1, 0.15) is 29.0 Å². The van der Waals surface area contributed by atoms with Crippen molar-refractivity contribution in [3.05, 3.63) is 59.8 Å². The average molecular weight is 384 g/mol. The van der Waals surface area contributed by atoms with E-state index in [4.69, 9.17) is 4.42 Å². The van der Waals surface area contributed by atoms with Gasteiger partial charge in [-0.05, 0) is 42.7 Å². The second kappa shape index (κ2) is 7.66. The lowest BCUT2D eigenvalue weighted by Gasteiger charge is -2.36. The van der Waals surface area contributed by atoms with Crippen molar-refractivity contribution in [3.63, 3.8) is 0 Å². The molecule has 1 amide bonds. The molecule has 1 aromatic heterocycles. The monoisotopic (exact) mass is 384 g/mol. The highest BCUT2D eigenvalue weighted by Gasteiger charge is 2.44. The van der Waals surface area contributed by atoms with E-state index in [1.165, 1.54) is 24.0 Å². The minimum Gasteiger partial charge on any atom is -0.459 e. The van der Waals surface area contributed by atoms with Crippen LogP contribution in [0.3, 0.4) is 0 Å². The van der Waals surface area contributed by atoms with Gasteiger partial charge in [0.1, 0.15) is 5.82 Å². The number of rotatable bonds is 4. The Morgan fingerprint density at radius 3 is 2.39 bits per heavy atom. The van der Waals surface area contributed by atoms with Crippen LogP contribution in [0.5, 0.6) is 0 Å². The number of aliphatic imine (C=N–C) groups is 1. The van der Waals surface area contributed by atoms with Gasteiger partial charge in [-0.1, -0.05) is 12.1 Å². The molecule has 2 heterocycles. The summed E-state index contributed by atoms with van der Waals surface area (Å²) in [5.74, 6) is 0.954. The summed E-state index contributed by atoms with van der Waals surface area (Å²) in [7, 11) is 1.78. The first kappa shape index (κ1) is 18.5. The van der Waals surface area contributed by atoms with Crippen molar-refractivity contribution in [1.29, 1.82) is 0 Å². The van der Waals surface area contributed by atoms with Crippen molar-refractivity contribution in [2.24, 2.45) is 4.99 Å². The minimum atomic E-state index is -0.203. The number of hydrogen-bond acceptors (Lipinski definition) is 3. The molecule has 4 rings (SSSR count). The van der Waals surface area contributed by atoms with Crippen molar-refractivity contribution in [2.75, 3.05) is 39.8 Å². The number of guanidine groups is 1. The minimum absolute atomic E-state index is 0.0687. The fourth-order valence-electron chi connectivity index (χ4n) is 3.78. The number of benzene rings is 1. The van der Waals surface area contributed by atoms with Gasteiger partial charge in [-0.15, -0.1) is 0 Å². The van der Waals surface area contributed by atoms with Gasteiger partial charge < -0.3 is 19.5 Å². The van der Waals surface area contributed by atoms with E-state index in [1.807, 2.05) is 17.0 Å². The molecule has 1 saturated heterocycles. The molecule has 1 saturated carbocycles. The van der Waals surface area contributed by atoms with Gasteiger partial charge in [0.25, 0.3) is 5.91 Å². The van der Waals surface area contributed by atoms with Crippen molar-refractivity contribution >= 4 is 11.9 Å². The van der Waals surface area contributed by atoms with Gasteiger partial charge in [0.15, 0.2) is 11.7 Å². The molecule has 1 aromatic carbocycles. The number of nitrogens with zero attached hydrogens (tertiary/aromatic N) is 3. The maximum absolute atomic E-state index is 13.2. The molecule has 2 fully saturated rings. The van der Waals surface area contributed by atoms with Crippen LogP contribution >= 0.6 is 0 Å². The Bertz CT molecular complexity index is 836. The first-order valence-corrected chi connectivity index (χ1v) is 9.66. The summed E-state index contributed by atoms with van der Waals surface area (Å²) in [6.45, 7) is 3.47. The van der Waals surface area contributed by atoms with E-state index in [0.717, 1.165) is 38.4 Å². The van der Waals surface area contributed by atoms with Crippen LogP contribution in [0.15, 0.2) is 52.1 Å². The lowest BCUT2D eigenvalue weighted by molar-refractivity contribution is 0.0657. The molecule has 28 heavy (non-hydrogen) atoms. The van der Waals surface area contributed by atoms with Crippen LogP contribution in [-0.2, 0) is 5.41 Å². The van der Waals surface area contributed by atoms with Gasteiger partial charge in [0, 0.05) is 45.2 Å². The highest BCUT2D eigenvalue weighted by molar-refractivity contribution is 5.91. The molecule has 0 bridgehead atoms. The molecule has 1 aliphatic heterocycles. The summed E-state index contributed by atoms with van der Waals surface area (Å²) >= 11 is 0. The topological polar surface area (TPSA) is 61.1 Å². The summed E-state index contributed by atoms with van der Waals surface area (Å²) in [5.41, 5.74) is 1.24. The third kappa shape index (κ3) is 3.74. The third-order valence-corrected chi connectivity index (χ3v) is 5.71. The molecule has 148 valence electrons. The van der Waals surface area contributed by atoms with Crippen LogP contribution in [0.2, 0.25) is 0 Å². The zero-order valence-corrected chi connectivity index (χ0v) is 16.0. The first-order valence-electron chi connectivity index (χ1n) is 9.66. The second-order valence-electron chi connectivity index (χ2n) is 7.44. The molecule has 0 radical (unpaired) electrons. The number of carbonyl (C=O) groups is 1. The Hall–Kier alpha value is -2.83. The number of hydrogen-bond donors (Lipinski definition) is 1. The molecular formula is C21H25FN4O2. The van der Waals surface area contributed by atoms with Crippen LogP contribution in [0.25, 0.3) is 0 Å². The second-order valence-corrected chi connectivity index (χ2v) is 7.44. The molecule has 1 aliphatic carbocycles. The molecule has 6 nitrogen and oxygen atoms in total. The number of amides is 1. The van der Waals surface area contributed by atoms with Crippen LogP contribution in [-0.4, -0.2) is 61.4 Å². The normalized spacial score (nSPS) is 18.9. The summed E-state index contributed by atoms with van der Waals surface area (Å²) < 4.78 is 18.4. The summed E-state index contributed by atoms with van der Waals surface area (Å²) in [4.78, 5) is 20.8. The van der Waals surface area contributed by atoms with Gasteiger partial charge >= 0.3 is 0 Å². The van der Waals surface area contributed by atoms with E-state index in [2.05, 4.69) is 15.2 Å². The van der Waals surface area contributed by atoms with Crippen molar-refractivity contribution in [3.8, 4) is 0 Å². The van der Waals surface area contributed by atoms with E-state index in [9.17, 15) is 9.18 Å². The molecule has 2 aromatic rings. The summed E-state index contributed by atoms with van der Waals surface area (Å²) in [5, 5.41) is 3.49. The number of furan rings is 1. The average Bonchev–Trinajstić information content (AvgIpc) is 3.31. The maximum atomic E-state index is 13.2. The zero-order valence-electron chi connectivity index (χ0n) is 16.0. The standard InChI is InChI=1S/C21H25FN4O2/c1-23-20(24-15-21(8-9-21)16-4-6-17(22)7-5-16)26-12-10-25(11-13-26)19(27)18-3-2-14-28-18/h2-7,14H,8-13,15H2,1H3,(H,23,24). The fourth-order valence-corrected chi connectivity index (χ4v) is 3.78. The number of nitrogens with one attached hydrogen (secondary N) is 1. The van der Waals surface area contributed by atoms with E-state index in [1.54, 1.807) is 19.2 Å². The van der Waals surface area contributed by atoms with Gasteiger partial charge in [0.2, 0.25) is 0 Å². The van der Waals surface area contributed by atoms with Crippen LogP contribution in [0, 0.1) is 5.82 Å². The smallest absolute Gasteiger partial charge is 0.289 e. The third-order valence-electron chi connectivity index (χ3n) is 5.71. The van der Waals surface area contributed by atoms with Gasteiger partial charge in [-0.2, -0.15) is 0 Å². The Morgan fingerprint density at radius 1 is 1.14 bits per heavy atom.